The average Bonchev–Trinajstić information content (AvgIpc) is 2.57. The number of ketones is 1. The molecule has 2 rings (SSSR count). The molecule has 0 aliphatic carbocycles. The zero-order valence-electron chi connectivity index (χ0n) is 6.92. The first kappa shape index (κ1) is 7.53. The molecule has 12 heavy (non-hydrogen) atoms. The topological polar surface area (TPSA) is 32.7 Å². The summed E-state index contributed by atoms with van der Waals surface area (Å²) >= 11 is 0. The summed E-state index contributed by atoms with van der Waals surface area (Å²) in [6, 6.07) is 0. The highest BCUT2D eigenvalue weighted by atomic mass is 16.1. The summed E-state index contributed by atoms with van der Waals surface area (Å²) < 4.78 is 0. The number of allylic oxidation sites excluding steroid dienone is 1. The van der Waals surface area contributed by atoms with Crippen LogP contribution in [0.5, 0.6) is 0 Å². The molecule has 1 radical (unpaired) electrons. The average molecular weight is 163 g/mol. The number of aliphatic imine (C=N–C) groups is 1. The molecule has 1 saturated heterocycles. The van der Waals surface area contributed by atoms with Crippen LogP contribution in [0, 0.1) is 6.20 Å². The second-order valence-electron chi connectivity index (χ2n) is 3.09. The van der Waals surface area contributed by atoms with Crippen LogP contribution in [0.1, 0.15) is 19.3 Å². The molecule has 1 fully saturated rings. The van der Waals surface area contributed by atoms with Gasteiger partial charge in [-0.15, -0.1) is 0 Å². The van der Waals surface area contributed by atoms with Crippen molar-refractivity contribution in [2.45, 2.75) is 19.3 Å². The van der Waals surface area contributed by atoms with Gasteiger partial charge in [0.05, 0.1) is 0 Å². The monoisotopic (exact) mass is 163 g/mol. The van der Waals surface area contributed by atoms with Crippen molar-refractivity contribution in [2.75, 3.05) is 13.1 Å². The van der Waals surface area contributed by atoms with E-state index in [0.717, 1.165) is 13.1 Å². The Kier molecular flexibility index (Phi) is 1.94. The van der Waals surface area contributed by atoms with Gasteiger partial charge in [-0.25, -0.2) is 0 Å². The van der Waals surface area contributed by atoms with E-state index in [2.05, 4.69) is 16.1 Å². The van der Waals surface area contributed by atoms with Crippen LogP contribution >= 0.6 is 0 Å². The van der Waals surface area contributed by atoms with E-state index in [0.29, 0.717) is 12.1 Å². The van der Waals surface area contributed by atoms with Gasteiger partial charge in [0.2, 0.25) is 0 Å². The zero-order chi connectivity index (χ0) is 8.39. The van der Waals surface area contributed by atoms with Gasteiger partial charge in [-0.05, 0) is 12.8 Å². The van der Waals surface area contributed by atoms with Crippen molar-refractivity contribution in [3.63, 3.8) is 0 Å². The summed E-state index contributed by atoms with van der Waals surface area (Å²) in [6.07, 6.45) is 7.20. The minimum Gasteiger partial charge on any atom is -0.367 e. The largest absolute Gasteiger partial charge is 0.367 e. The van der Waals surface area contributed by atoms with E-state index in [1.165, 1.54) is 12.8 Å². The first-order valence-electron chi connectivity index (χ1n) is 4.30. The Morgan fingerprint density at radius 2 is 2.17 bits per heavy atom. The van der Waals surface area contributed by atoms with E-state index in [1.54, 1.807) is 6.21 Å². The Morgan fingerprint density at radius 1 is 1.42 bits per heavy atom. The van der Waals surface area contributed by atoms with Crippen LogP contribution in [0.3, 0.4) is 0 Å². The third-order valence-electron chi connectivity index (χ3n) is 2.22. The normalized spacial score (nSPS) is 23.2. The van der Waals surface area contributed by atoms with Gasteiger partial charge in [0.1, 0.15) is 11.9 Å². The molecule has 0 bridgehead atoms. The van der Waals surface area contributed by atoms with Crippen LogP contribution in [0.2, 0.25) is 0 Å². The standard InChI is InChI=1S/C9H11N2O/c12-9-3-4-10-7-8(9)11-5-1-2-6-11/h4H,1-3,5-6H2. The minimum absolute atomic E-state index is 0.159. The highest BCUT2D eigenvalue weighted by molar-refractivity contribution is 6.03. The smallest absolute Gasteiger partial charge is 0.186 e. The van der Waals surface area contributed by atoms with Crippen LogP contribution in [0.4, 0.5) is 0 Å². The molecule has 0 unspecified atom stereocenters. The Balaban J connectivity index is 2.14. The molecule has 3 heteroatoms. The maximum atomic E-state index is 11.3. The first-order chi connectivity index (χ1) is 5.88. The SMILES string of the molecule is O=C1CC=N[C]=C1N1CCCC1. The number of rotatable bonds is 1. The molecule has 0 aromatic rings. The molecule has 0 aromatic heterocycles. The van der Waals surface area contributed by atoms with Crippen LogP contribution < -0.4 is 0 Å². The second-order valence-corrected chi connectivity index (χ2v) is 3.09. The van der Waals surface area contributed by atoms with Crippen molar-refractivity contribution in [3.05, 3.63) is 11.9 Å². The van der Waals surface area contributed by atoms with Crippen molar-refractivity contribution in [1.82, 2.24) is 4.90 Å². The van der Waals surface area contributed by atoms with Crippen LogP contribution in [-0.4, -0.2) is 30.0 Å². The third-order valence-corrected chi connectivity index (χ3v) is 2.22. The van der Waals surface area contributed by atoms with Crippen molar-refractivity contribution in [3.8, 4) is 0 Å². The summed E-state index contributed by atoms with van der Waals surface area (Å²) in [4.78, 5) is 17.3. The fourth-order valence-corrected chi connectivity index (χ4v) is 1.58. The van der Waals surface area contributed by atoms with Gasteiger partial charge < -0.3 is 4.90 Å². The van der Waals surface area contributed by atoms with Crippen LogP contribution in [0.25, 0.3) is 0 Å². The maximum Gasteiger partial charge on any atom is 0.186 e. The Hall–Kier alpha value is -1.12. The highest BCUT2D eigenvalue weighted by Gasteiger charge is 2.21. The van der Waals surface area contributed by atoms with Gasteiger partial charge in [0.15, 0.2) is 5.78 Å². The van der Waals surface area contributed by atoms with Gasteiger partial charge >= 0.3 is 0 Å². The highest BCUT2D eigenvalue weighted by Crippen LogP contribution is 2.17. The summed E-state index contributed by atoms with van der Waals surface area (Å²) in [5, 5.41) is 0. The van der Waals surface area contributed by atoms with Crippen molar-refractivity contribution < 1.29 is 4.79 Å². The lowest BCUT2D eigenvalue weighted by Gasteiger charge is -2.19. The summed E-state index contributed by atoms with van der Waals surface area (Å²) in [5.74, 6) is 0.159. The summed E-state index contributed by atoms with van der Waals surface area (Å²) in [5.41, 5.74) is 0.690. The van der Waals surface area contributed by atoms with E-state index in [9.17, 15) is 4.79 Å². The third kappa shape index (κ3) is 1.26. The fourth-order valence-electron chi connectivity index (χ4n) is 1.58. The Morgan fingerprint density at radius 3 is 2.83 bits per heavy atom. The van der Waals surface area contributed by atoms with Crippen molar-refractivity contribution in [1.29, 1.82) is 0 Å². The van der Waals surface area contributed by atoms with Crippen LogP contribution in [-0.2, 0) is 4.79 Å². The molecule has 2 aliphatic rings. The molecule has 3 nitrogen and oxygen atoms in total. The predicted molar refractivity (Wildman–Crippen MR) is 45.7 cm³/mol. The van der Waals surface area contributed by atoms with Gasteiger partial charge in [-0.3, -0.25) is 9.79 Å². The fraction of sp³-hybridized carbons (Fsp3) is 0.556. The molecule has 0 aromatic carbocycles. The van der Waals surface area contributed by atoms with Crippen molar-refractivity contribution in [2.24, 2.45) is 4.99 Å². The predicted octanol–water partition coefficient (Wildman–Crippen LogP) is 0.770. The number of hydrogen-bond donors (Lipinski definition) is 0. The molecular weight excluding hydrogens is 152 g/mol. The summed E-state index contributed by atoms with van der Waals surface area (Å²) in [7, 11) is 0. The molecule has 0 amide bonds. The molecular formula is C9H11N2O. The van der Waals surface area contributed by atoms with E-state index < -0.39 is 0 Å². The zero-order valence-corrected chi connectivity index (χ0v) is 6.92. The van der Waals surface area contributed by atoms with E-state index in [4.69, 9.17) is 0 Å². The molecule has 0 atom stereocenters. The molecule has 2 aliphatic heterocycles. The first-order valence-corrected chi connectivity index (χ1v) is 4.30. The van der Waals surface area contributed by atoms with E-state index in [-0.39, 0.29) is 5.78 Å². The number of Topliss-reactive ketones (excluding diaryl/α,β-unsaturated/α-hetero) is 1. The number of likely N-dealkylation sites (tertiary alicyclic amines) is 1. The number of nitrogens with zero attached hydrogens (tertiary/aromatic N) is 2. The van der Waals surface area contributed by atoms with E-state index in [1.807, 2.05) is 0 Å². The lowest BCUT2D eigenvalue weighted by Crippen LogP contribution is -2.26. The molecule has 0 N–H and O–H groups in total. The van der Waals surface area contributed by atoms with Gasteiger partial charge in [-0.1, -0.05) is 0 Å². The number of hydrogen-bond acceptors (Lipinski definition) is 3. The Labute approximate surface area is 71.8 Å². The van der Waals surface area contributed by atoms with Gasteiger partial charge in [-0.2, -0.15) is 0 Å². The second kappa shape index (κ2) is 3.09. The molecule has 0 spiro atoms. The lowest BCUT2D eigenvalue weighted by molar-refractivity contribution is -0.116. The van der Waals surface area contributed by atoms with Crippen LogP contribution in [0.15, 0.2) is 10.7 Å². The maximum absolute atomic E-state index is 11.3. The van der Waals surface area contributed by atoms with Gasteiger partial charge in [0, 0.05) is 25.7 Å². The molecule has 63 valence electrons. The van der Waals surface area contributed by atoms with E-state index >= 15 is 0 Å². The lowest BCUT2D eigenvalue weighted by atomic mass is 10.2. The van der Waals surface area contributed by atoms with Crippen molar-refractivity contribution >= 4 is 12.0 Å². The quantitative estimate of drug-likeness (QED) is 0.572. The van der Waals surface area contributed by atoms with Gasteiger partial charge in [0.25, 0.3) is 0 Å². The number of carbonyl (C=O) groups excluding carboxylic acids is 1. The number of carbonyl (C=O) groups is 1. The minimum atomic E-state index is 0.159. The summed E-state index contributed by atoms with van der Waals surface area (Å²) in [6.45, 7) is 1.98. The molecule has 2 heterocycles. The Bertz CT molecular complexity index is 249. The molecule has 0 saturated carbocycles.